The average molecular weight is 409 g/mol. The van der Waals surface area contributed by atoms with Crippen molar-refractivity contribution >= 4 is 27.5 Å². The Morgan fingerprint density at radius 2 is 1.78 bits per heavy atom. The van der Waals surface area contributed by atoms with E-state index in [0.29, 0.717) is 31.5 Å². The third kappa shape index (κ3) is 4.43. The van der Waals surface area contributed by atoms with Crippen LogP contribution in [0, 0.1) is 6.92 Å². The molecule has 27 heavy (non-hydrogen) atoms. The quantitative estimate of drug-likeness (QED) is 0.814. The molecule has 0 unspecified atom stereocenters. The van der Waals surface area contributed by atoms with Gasteiger partial charge in [-0.1, -0.05) is 29.3 Å². The van der Waals surface area contributed by atoms with Gasteiger partial charge in [0.2, 0.25) is 10.0 Å². The Hall–Kier alpha value is -2.09. The van der Waals surface area contributed by atoms with Crippen molar-refractivity contribution in [2.75, 3.05) is 13.1 Å². The molecule has 0 aliphatic carbocycles. The van der Waals surface area contributed by atoms with Crippen molar-refractivity contribution < 1.29 is 18.3 Å². The van der Waals surface area contributed by atoms with E-state index < -0.39 is 10.0 Å². The van der Waals surface area contributed by atoms with E-state index in [9.17, 15) is 18.3 Å². The highest BCUT2D eigenvalue weighted by Gasteiger charge is 2.30. The Morgan fingerprint density at radius 1 is 1.15 bits per heavy atom. The number of benzene rings is 2. The summed E-state index contributed by atoms with van der Waals surface area (Å²) < 4.78 is 26.9. The lowest BCUT2D eigenvalue weighted by molar-refractivity contribution is 0.0924. The first-order chi connectivity index (χ1) is 12.8. The first-order valence-corrected chi connectivity index (χ1v) is 10.5. The van der Waals surface area contributed by atoms with Crippen LogP contribution < -0.4 is 5.32 Å². The molecule has 6 nitrogen and oxygen atoms in total. The molecule has 144 valence electrons. The summed E-state index contributed by atoms with van der Waals surface area (Å²) in [5.74, 6) is -0.375. The van der Waals surface area contributed by atoms with Crippen molar-refractivity contribution in [2.45, 2.75) is 30.7 Å². The average Bonchev–Trinajstić information content (AvgIpc) is 2.64. The van der Waals surface area contributed by atoms with Gasteiger partial charge in [0.15, 0.2) is 0 Å². The molecule has 3 rings (SSSR count). The highest BCUT2D eigenvalue weighted by atomic mass is 35.5. The number of sulfonamides is 1. The van der Waals surface area contributed by atoms with Gasteiger partial charge in [0.1, 0.15) is 5.75 Å². The number of phenolic OH excluding ortho intramolecular Hbond substituents is 1. The highest BCUT2D eigenvalue weighted by molar-refractivity contribution is 7.89. The largest absolute Gasteiger partial charge is 0.506 e. The minimum Gasteiger partial charge on any atom is -0.506 e. The van der Waals surface area contributed by atoms with Crippen LogP contribution in [0.1, 0.15) is 28.8 Å². The second kappa shape index (κ2) is 7.88. The van der Waals surface area contributed by atoms with Gasteiger partial charge in [0.05, 0.1) is 9.92 Å². The molecule has 2 aromatic rings. The van der Waals surface area contributed by atoms with Crippen LogP contribution in [0.4, 0.5) is 0 Å². The fraction of sp³-hybridized carbons (Fsp3) is 0.316. The lowest BCUT2D eigenvalue weighted by atomic mass is 10.1. The third-order valence-electron chi connectivity index (χ3n) is 4.66. The summed E-state index contributed by atoms with van der Waals surface area (Å²) in [6.45, 7) is 2.60. The summed E-state index contributed by atoms with van der Waals surface area (Å²) in [6, 6.07) is 10.9. The minimum absolute atomic E-state index is 0.0807. The van der Waals surface area contributed by atoms with Gasteiger partial charge in [-0.15, -0.1) is 0 Å². The van der Waals surface area contributed by atoms with E-state index in [2.05, 4.69) is 5.32 Å². The van der Waals surface area contributed by atoms with Crippen LogP contribution in [-0.2, 0) is 10.0 Å². The normalized spacial score (nSPS) is 16.2. The van der Waals surface area contributed by atoms with Gasteiger partial charge in [-0.05, 0) is 50.1 Å². The lowest BCUT2D eigenvalue weighted by Gasteiger charge is -2.31. The van der Waals surface area contributed by atoms with Crippen LogP contribution in [0.5, 0.6) is 5.75 Å². The van der Waals surface area contributed by atoms with Crippen LogP contribution in [0.3, 0.4) is 0 Å². The smallest absolute Gasteiger partial charge is 0.251 e. The molecule has 0 radical (unpaired) electrons. The summed E-state index contributed by atoms with van der Waals surface area (Å²) in [5, 5.41) is 12.4. The molecule has 1 heterocycles. The number of nitrogens with zero attached hydrogens (tertiary/aromatic N) is 1. The van der Waals surface area contributed by atoms with Gasteiger partial charge < -0.3 is 10.4 Å². The van der Waals surface area contributed by atoms with Crippen molar-refractivity contribution in [1.82, 2.24) is 9.62 Å². The summed E-state index contributed by atoms with van der Waals surface area (Å²) in [7, 11) is -3.52. The predicted octanol–water partition coefficient (Wildman–Crippen LogP) is 2.94. The third-order valence-corrected chi connectivity index (χ3v) is 6.87. The zero-order valence-corrected chi connectivity index (χ0v) is 16.4. The van der Waals surface area contributed by atoms with E-state index >= 15 is 0 Å². The zero-order valence-electron chi connectivity index (χ0n) is 14.9. The first-order valence-electron chi connectivity index (χ1n) is 8.63. The van der Waals surface area contributed by atoms with Crippen LogP contribution >= 0.6 is 11.6 Å². The number of halogens is 1. The van der Waals surface area contributed by atoms with Crippen LogP contribution in [0.15, 0.2) is 47.4 Å². The predicted molar refractivity (Wildman–Crippen MR) is 104 cm³/mol. The number of nitrogens with one attached hydrogen (secondary N) is 1. The molecule has 1 fully saturated rings. The number of hydrogen-bond donors (Lipinski definition) is 2. The van der Waals surface area contributed by atoms with Gasteiger partial charge in [0, 0.05) is 24.7 Å². The fourth-order valence-electron chi connectivity index (χ4n) is 3.02. The van der Waals surface area contributed by atoms with Gasteiger partial charge in [0.25, 0.3) is 5.91 Å². The lowest BCUT2D eigenvalue weighted by Crippen LogP contribution is -2.46. The Balaban J connectivity index is 1.60. The minimum atomic E-state index is -3.52. The highest BCUT2D eigenvalue weighted by Crippen LogP contribution is 2.24. The van der Waals surface area contributed by atoms with E-state index in [1.54, 1.807) is 24.3 Å². The van der Waals surface area contributed by atoms with Gasteiger partial charge in [-0.25, -0.2) is 8.42 Å². The molecule has 8 heteroatoms. The number of aromatic hydroxyl groups is 1. The molecule has 0 saturated carbocycles. The number of hydrogen-bond acceptors (Lipinski definition) is 4. The number of amides is 1. The van der Waals surface area contributed by atoms with Crippen LogP contribution in [-0.4, -0.2) is 42.9 Å². The summed E-state index contributed by atoms with van der Waals surface area (Å²) in [6.07, 6.45) is 1.06. The second-order valence-electron chi connectivity index (χ2n) is 6.63. The molecule has 1 aliphatic rings. The number of carbonyl (C=O) groups is 1. The van der Waals surface area contributed by atoms with Crippen molar-refractivity contribution in [2.24, 2.45) is 0 Å². The van der Waals surface area contributed by atoms with Crippen LogP contribution in [0.25, 0.3) is 0 Å². The van der Waals surface area contributed by atoms with Gasteiger partial charge >= 0.3 is 0 Å². The van der Waals surface area contributed by atoms with E-state index in [1.807, 2.05) is 6.92 Å². The standard InChI is InChI=1S/C19H21ClN2O4S/c1-13-2-5-16(6-3-13)27(25,26)22-10-8-15(9-11-22)21-19(24)14-4-7-18(23)17(20)12-14/h2-7,12,15,23H,8-11H2,1H3,(H,21,24). The van der Waals surface area contributed by atoms with Crippen molar-refractivity contribution in [1.29, 1.82) is 0 Å². The number of phenols is 1. The molecule has 0 bridgehead atoms. The van der Waals surface area contributed by atoms with Crippen molar-refractivity contribution in [3.05, 3.63) is 58.6 Å². The molecule has 0 spiro atoms. The molecule has 2 N–H and O–H groups in total. The zero-order chi connectivity index (χ0) is 19.6. The summed E-state index contributed by atoms with van der Waals surface area (Å²) in [4.78, 5) is 12.6. The maximum absolute atomic E-state index is 12.7. The molecular formula is C19H21ClN2O4S. The Bertz CT molecular complexity index is 937. The second-order valence-corrected chi connectivity index (χ2v) is 8.98. The van der Waals surface area contributed by atoms with Crippen molar-refractivity contribution in [3.63, 3.8) is 0 Å². The van der Waals surface area contributed by atoms with Crippen LogP contribution in [0.2, 0.25) is 5.02 Å². The maximum Gasteiger partial charge on any atom is 0.251 e. The number of aryl methyl sites for hydroxylation is 1. The van der Waals surface area contributed by atoms with E-state index in [4.69, 9.17) is 11.6 Å². The first kappa shape index (κ1) is 19.7. The molecular weight excluding hydrogens is 388 g/mol. The van der Waals surface area contributed by atoms with Crippen molar-refractivity contribution in [3.8, 4) is 5.75 Å². The fourth-order valence-corrected chi connectivity index (χ4v) is 4.67. The maximum atomic E-state index is 12.7. The SMILES string of the molecule is Cc1ccc(S(=O)(=O)N2CCC(NC(=O)c3ccc(O)c(Cl)c3)CC2)cc1. The molecule has 0 atom stereocenters. The Labute approximate surface area is 163 Å². The molecule has 1 saturated heterocycles. The monoisotopic (exact) mass is 408 g/mol. The van der Waals surface area contributed by atoms with Gasteiger partial charge in [-0.2, -0.15) is 4.31 Å². The summed E-state index contributed by atoms with van der Waals surface area (Å²) in [5.41, 5.74) is 1.36. The Kier molecular flexibility index (Phi) is 5.74. The number of carbonyl (C=O) groups excluding carboxylic acids is 1. The molecule has 0 aromatic heterocycles. The van der Waals surface area contributed by atoms with E-state index in [-0.39, 0.29) is 27.6 Å². The molecule has 1 amide bonds. The van der Waals surface area contributed by atoms with E-state index in [0.717, 1.165) is 5.56 Å². The molecule has 2 aromatic carbocycles. The van der Waals surface area contributed by atoms with Gasteiger partial charge in [-0.3, -0.25) is 4.79 Å². The molecule has 1 aliphatic heterocycles. The number of piperidine rings is 1. The topological polar surface area (TPSA) is 86.7 Å². The number of rotatable bonds is 4. The summed E-state index contributed by atoms with van der Waals surface area (Å²) >= 11 is 5.83. The Morgan fingerprint density at radius 3 is 2.37 bits per heavy atom. The van der Waals surface area contributed by atoms with E-state index in [1.165, 1.54) is 22.5 Å².